The number of amides is 1. The van der Waals surface area contributed by atoms with Crippen LogP contribution in [0.5, 0.6) is 5.75 Å². The molecule has 0 atom stereocenters. The number of hydrogen-bond acceptors (Lipinski definition) is 4. The summed E-state index contributed by atoms with van der Waals surface area (Å²) in [5, 5.41) is 15.1. The van der Waals surface area contributed by atoms with Gasteiger partial charge in [0.15, 0.2) is 0 Å². The summed E-state index contributed by atoms with van der Waals surface area (Å²) in [5.41, 5.74) is 2.75. The van der Waals surface area contributed by atoms with Crippen molar-refractivity contribution in [2.24, 2.45) is 0 Å². The van der Waals surface area contributed by atoms with Gasteiger partial charge in [-0.25, -0.2) is 0 Å². The van der Waals surface area contributed by atoms with Crippen LogP contribution < -0.4 is 15.4 Å². The topological polar surface area (TPSA) is 74.2 Å². The van der Waals surface area contributed by atoms with E-state index in [1.54, 1.807) is 6.07 Å². The first-order chi connectivity index (χ1) is 12.2. The highest BCUT2D eigenvalue weighted by molar-refractivity contribution is 5.72. The van der Waals surface area contributed by atoms with Crippen molar-refractivity contribution in [3.05, 3.63) is 65.2 Å². The van der Waals surface area contributed by atoms with Gasteiger partial charge in [-0.05, 0) is 48.4 Å². The molecule has 130 valence electrons. The molecule has 2 aromatic carbocycles. The maximum atomic E-state index is 10.8. The zero-order valence-electron chi connectivity index (χ0n) is 14.4. The van der Waals surface area contributed by atoms with Gasteiger partial charge in [-0.1, -0.05) is 24.3 Å². The Morgan fingerprint density at radius 3 is 2.72 bits per heavy atom. The first-order valence-electron chi connectivity index (χ1n) is 8.33. The summed E-state index contributed by atoms with van der Waals surface area (Å²) >= 11 is 0. The van der Waals surface area contributed by atoms with Gasteiger partial charge in [0.05, 0.1) is 11.6 Å². The fourth-order valence-corrected chi connectivity index (χ4v) is 2.35. The number of benzene rings is 2. The lowest BCUT2D eigenvalue weighted by atomic mass is 10.1. The molecule has 0 bridgehead atoms. The summed E-state index contributed by atoms with van der Waals surface area (Å²) in [6.45, 7) is 4.24. The smallest absolute Gasteiger partial charge is 0.216 e. The van der Waals surface area contributed by atoms with E-state index in [0.717, 1.165) is 36.4 Å². The summed E-state index contributed by atoms with van der Waals surface area (Å²) in [6.07, 6.45) is 0.894. The van der Waals surface area contributed by atoms with Gasteiger partial charge in [0.25, 0.3) is 0 Å². The first-order valence-corrected chi connectivity index (χ1v) is 8.33. The van der Waals surface area contributed by atoms with Crippen LogP contribution in [0.2, 0.25) is 0 Å². The molecule has 5 nitrogen and oxygen atoms in total. The lowest BCUT2D eigenvalue weighted by molar-refractivity contribution is -0.118. The highest BCUT2D eigenvalue weighted by atomic mass is 16.5. The largest absolute Gasteiger partial charge is 0.489 e. The molecule has 0 spiro atoms. The SMILES string of the molecule is CC(=O)NCCCNCc1cccc(OCc2cccc(C#N)c2)c1. The van der Waals surface area contributed by atoms with E-state index in [9.17, 15) is 4.79 Å². The lowest BCUT2D eigenvalue weighted by Gasteiger charge is -2.09. The van der Waals surface area contributed by atoms with Gasteiger partial charge in [-0.3, -0.25) is 4.79 Å². The quantitative estimate of drug-likeness (QED) is 0.690. The van der Waals surface area contributed by atoms with E-state index in [4.69, 9.17) is 10.00 Å². The number of nitrogens with zero attached hydrogens (tertiary/aromatic N) is 1. The van der Waals surface area contributed by atoms with Gasteiger partial charge >= 0.3 is 0 Å². The van der Waals surface area contributed by atoms with Crippen molar-refractivity contribution >= 4 is 5.91 Å². The standard InChI is InChI=1S/C20H23N3O2/c1-16(24)23-10-4-9-22-14-18-6-3-8-20(12-18)25-15-19-7-2-5-17(11-19)13-21/h2-3,5-8,11-12,22H,4,9-10,14-15H2,1H3,(H,23,24). The predicted molar refractivity (Wildman–Crippen MR) is 96.9 cm³/mol. The molecule has 0 aliphatic heterocycles. The number of ether oxygens (including phenoxy) is 1. The number of carbonyl (C=O) groups is 1. The van der Waals surface area contributed by atoms with Crippen LogP contribution in [0.4, 0.5) is 0 Å². The van der Waals surface area contributed by atoms with E-state index in [2.05, 4.69) is 16.7 Å². The van der Waals surface area contributed by atoms with Gasteiger partial charge in [0.1, 0.15) is 12.4 Å². The minimum absolute atomic E-state index is 0.00477. The monoisotopic (exact) mass is 337 g/mol. The molecule has 5 heteroatoms. The van der Waals surface area contributed by atoms with Crippen LogP contribution in [0, 0.1) is 11.3 Å². The van der Waals surface area contributed by atoms with Gasteiger partial charge < -0.3 is 15.4 Å². The van der Waals surface area contributed by atoms with Gasteiger partial charge in [0, 0.05) is 20.0 Å². The average molecular weight is 337 g/mol. The Morgan fingerprint density at radius 2 is 1.92 bits per heavy atom. The maximum Gasteiger partial charge on any atom is 0.216 e. The Kier molecular flexibility index (Phi) is 7.48. The average Bonchev–Trinajstić information content (AvgIpc) is 2.63. The van der Waals surface area contributed by atoms with E-state index in [1.165, 1.54) is 6.92 Å². The van der Waals surface area contributed by atoms with Crippen LogP contribution in [0.25, 0.3) is 0 Å². The number of nitrogens with one attached hydrogen (secondary N) is 2. The van der Waals surface area contributed by atoms with Crippen molar-refractivity contribution in [1.29, 1.82) is 5.26 Å². The van der Waals surface area contributed by atoms with Crippen LogP contribution in [-0.4, -0.2) is 19.0 Å². The molecule has 0 aliphatic carbocycles. The number of carbonyl (C=O) groups excluding carboxylic acids is 1. The van der Waals surface area contributed by atoms with Crippen molar-refractivity contribution in [2.75, 3.05) is 13.1 Å². The summed E-state index contributed by atoms with van der Waals surface area (Å²) in [4.78, 5) is 10.8. The van der Waals surface area contributed by atoms with E-state index >= 15 is 0 Å². The molecule has 0 unspecified atom stereocenters. The Balaban J connectivity index is 1.76. The fraction of sp³-hybridized carbons (Fsp3) is 0.300. The zero-order valence-corrected chi connectivity index (χ0v) is 14.4. The zero-order chi connectivity index (χ0) is 17.9. The maximum absolute atomic E-state index is 10.8. The van der Waals surface area contributed by atoms with Crippen LogP contribution in [0.15, 0.2) is 48.5 Å². The van der Waals surface area contributed by atoms with Crippen LogP contribution in [0.3, 0.4) is 0 Å². The third-order valence-corrected chi connectivity index (χ3v) is 3.59. The Hall–Kier alpha value is -2.84. The predicted octanol–water partition coefficient (Wildman–Crippen LogP) is 2.75. The highest BCUT2D eigenvalue weighted by Gasteiger charge is 2.00. The van der Waals surface area contributed by atoms with Crippen LogP contribution in [0.1, 0.15) is 30.0 Å². The van der Waals surface area contributed by atoms with E-state index in [0.29, 0.717) is 18.7 Å². The third-order valence-electron chi connectivity index (χ3n) is 3.59. The third kappa shape index (κ3) is 7.06. The molecule has 0 radical (unpaired) electrons. The summed E-state index contributed by atoms with van der Waals surface area (Å²) in [6, 6.07) is 17.5. The molecule has 0 aromatic heterocycles. The molecule has 0 heterocycles. The molecular formula is C20H23N3O2. The van der Waals surface area contributed by atoms with Gasteiger partial charge in [0.2, 0.25) is 5.91 Å². The number of hydrogen-bond donors (Lipinski definition) is 2. The molecule has 25 heavy (non-hydrogen) atoms. The molecule has 0 saturated heterocycles. The van der Waals surface area contributed by atoms with Crippen molar-refractivity contribution in [2.45, 2.75) is 26.5 Å². The van der Waals surface area contributed by atoms with Crippen molar-refractivity contribution in [1.82, 2.24) is 10.6 Å². The Labute approximate surface area is 148 Å². The minimum Gasteiger partial charge on any atom is -0.489 e. The second kappa shape index (κ2) is 10.1. The summed E-state index contributed by atoms with van der Waals surface area (Å²) < 4.78 is 5.82. The summed E-state index contributed by atoms with van der Waals surface area (Å²) in [7, 11) is 0. The van der Waals surface area contributed by atoms with Crippen molar-refractivity contribution in [3.8, 4) is 11.8 Å². The highest BCUT2D eigenvalue weighted by Crippen LogP contribution is 2.15. The fourth-order valence-electron chi connectivity index (χ4n) is 2.35. The molecule has 0 saturated carbocycles. The van der Waals surface area contributed by atoms with E-state index in [-0.39, 0.29) is 5.91 Å². The normalized spacial score (nSPS) is 10.1. The van der Waals surface area contributed by atoms with Crippen LogP contribution in [-0.2, 0) is 17.9 Å². The number of nitriles is 1. The first kappa shape index (κ1) is 18.5. The van der Waals surface area contributed by atoms with Crippen LogP contribution >= 0.6 is 0 Å². The molecule has 2 N–H and O–H groups in total. The molecule has 2 aromatic rings. The summed E-state index contributed by atoms with van der Waals surface area (Å²) in [5.74, 6) is 0.810. The second-order valence-electron chi connectivity index (χ2n) is 5.76. The second-order valence-corrected chi connectivity index (χ2v) is 5.76. The molecule has 1 amide bonds. The van der Waals surface area contributed by atoms with Crippen molar-refractivity contribution in [3.63, 3.8) is 0 Å². The Bertz CT molecular complexity index is 738. The molecular weight excluding hydrogens is 314 g/mol. The minimum atomic E-state index is 0.00477. The van der Waals surface area contributed by atoms with E-state index < -0.39 is 0 Å². The van der Waals surface area contributed by atoms with Gasteiger partial charge in [-0.2, -0.15) is 5.26 Å². The Morgan fingerprint density at radius 1 is 1.12 bits per heavy atom. The molecule has 0 fully saturated rings. The van der Waals surface area contributed by atoms with E-state index in [1.807, 2.05) is 42.5 Å². The van der Waals surface area contributed by atoms with Gasteiger partial charge in [-0.15, -0.1) is 0 Å². The van der Waals surface area contributed by atoms with Crippen molar-refractivity contribution < 1.29 is 9.53 Å². The molecule has 0 aliphatic rings. The number of rotatable bonds is 9. The molecule has 2 rings (SSSR count). The lowest BCUT2D eigenvalue weighted by Crippen LogP contribution is -2.24.